The average molecular weight is 369 g/mol. The first-order chi connectivity index (χ1) is 13.7. The second-order valence-corrected chi connectivity index (χ2v) is 6.82. The number of aryl methyl sites for hydroxylation is 2. The van der Waals surface area contributed by atoms with Crippen molar-refractivity contribution in [1.82, 2.24) is 0 Å². The van der Waals surface area contributed by atoms with Gasteiger partial charge in [-0.3, -0.25) is 0 Å². The lowest BCUT2D eigenvalue weighted by Crippen LogP contribution is -2.04. The van der Waals surface area contributed by atoms with Crippen LogP contribution in [0.2, 0.25) is 0 Å². The molecule has 140 valence electrons. The van der Waals surface area contributed by atoms with Crippen molar-refractivity contribution in [2.45, 2.75) is 20.3 Å². The zero-order chi connectivity index (χ0) is 19.5. The molecule has 28 heavy (non-hydrogen) atoms. The zero-order valence-corrected chi connectivity index (χ0v) is 16.4. The van der Waals surface area contributed by atoms with Crippen molar-refractivity contribution in [3.63, 3.8) is 0 Å². The number of methoxy groups -OCH3 is 1. The molecule has 0 atom stereocenters. The second kappa shape index (κ2) is 7.73. The molecule has 1 heterocycles. The maximum absolute atomic E-state index is 6.21. The SMILES string of the molecule is CCc1ccccc1N=c1cc(-c2ccc(OC)cc2)oc2ccc(C)cc12. The van der Waals surface area contributed by atoms with Gasteiger partial charge in [-0.15, -0.1) is 0 Å². The van der Waals surface area contributed by atoms with Gasteiger partial charge in [0.1, 0.15) is 17.1 Å². The van der Waals surface area contributed by atoms with Crippen molar-refractivity contribution in [2.75, 3.05) is 7.11 Å². The summed E-state index contributed by atoms with van der Waals surface area (Å²) in [5.74, 6) is 1.61. The lowest BCUT2D eigenvalue weighted by Gasteiger charge is -2.08. The van der Waals surface area contributed by atoms with Crippen LogP contribution in [0, 0.1) is 6.92 Å². The average Bonchev–Trinajstić information content (AvgIpc) is 2.74. The molecule has 0 amide bonds. The third-order valence-electron chi connectivity index (χ3n) is 4.89. The molecule has 0 N–H and O–H groups in total. The molecule has 0 saturated carbocycles. The van der Waals surface area contributed by atoms with E-state index in [0.29, 0.717) is 0 Å². The quantitative estimate of drug-likeness (QED) is 0.428. The van der Waals surface area contributed by atoms with Crippen LogP contribution in [0.15, 0.2) is 82.2 Å². The van der Waals surface area contributed by atoms with Gasteiger partial charge < -0.3 is 9.15 Å². The highest BCUT2D eigenvalue weighted by Gasteiger charge is 2.08. The summed E-state index contributed by atoms with van der Waals surface area (Å²) in [5.41, 5.74) is 5.23. The van der Waals surface area contributed by atoms with Gasteiger partial charge in [-0.25, -0.2) is 4.99 Å². The number of hydrogen-bond donors (Lipinski definition) is 0. The van der Waals surface area contributed by atoms with Crippen molar-refractivity contribution in [3.8, 4) is 17.1 Å². The smallest absolute Gasteiger partial charge is 0.136 e. The maximum atomic E-state index is 6.21. The minimum atomic E-state index is 0.784. The van der Waals surface area contributed by atoms with Gasteiger partial charge in [0.25, 0.3) is 0 Å². The molecule has 4 rings (SSSR count). The van der Waals surface area contributed by atoms with Gasteiger partial charge in [0.05, 0.1) is 18.2 Å². The normalized spacial score (nSPS) is 11.8. The molecule has 0 bridgehead atoms. The van der Waals surface area contributed by atoms with Crippen molar-refractivity contribution >= 4 is 16.7 Å². The fourth-order valence-corrected chi connectivity index (χ4v) is 3.32. The lowest BCUT2D eigenvalue weighted by molar-refractivity contribution is 0.415. The minimum Gasteiger partial charge on any atom is -0.497 e. The molecule has 0 aliphatic carbocycles. The molecule has 0 spiro atoms. The van der Waals surface area contributed by atoms with Crippen LogP contribution < -0.4 is 10.1 Å². The summed E-state index contributed by atoms with van der Waals surface area (Å²) >= 11 is 0. The first kappa shape index (κ1) is 18.1. The van der Waals surface area contributed by atoms with E-state index >= 15 is 0 Å². The largest absolute Gasteiger partial charge is 0.497 e. The Morgan fingerprint density at radius 3 is 2.46 bits per heavy atom. The number of hydrogen-bond acceptors (Lipinski definition) is 3. The number of rotatable bonds is 4. The highest BCUT2D eigenvalue weighted by atomic mass is 16.5. The third-order valence-corrected chi connectivity index (χ3v) is 4.89. The van der Waals surface area contributed by atoms with Gasteiger partial charge in [-0.1, -0.05) is 36.8 Å². The van der Waals surface area contributed by atoms with Crippen LogP contribution in [0.3, 0.4) is 0 Å². The van der Waals surface area contributed by atoms with Gasteiger partial charge in [0.15, 0.2) is 0 Å². The van der Waals surface area contributed by atoms with Crippen LogP contribution in [0.5, 0.6) is 5.75 Å². The fourth-order valence-electron chi connectivity index (χ4n) is 3.32. The van der Waals surface area contributed by atoms with Crippen molar-refractivity contribution in [3.05, 3.63) is 89.3 Å². The van der Waals surface area contributed by atoms with E-state index in [1.807, 2.05) is 42.5 Å². The van der Waals surface area contributed by atoms with E-state index in [0.717, 1.165) is 45.5 Å². The van der Waals surface area contributed by atoms with Crippen LogP contribution in [-0.4, -0.2) is 7.11 Å². The van der Waals surface area contributed by atoms with Crippen LogP contribution >= 0.6 is 0 Å². The zero-order valence-electron chi connectivity index (χ0n) is 16.4. The van der Waals surface area contributed by atoms with E-state index in [9.17, 15) is 0 Å². The van der Waals surface area contributed by atoms with Gasteiger partial charge in [0, 0.05) is 17.0 Å². The van der Waals surface area contributed by atoms with Crippen molar-refractivity contribution in [1.29, 1.82) is 0 Å². The Kier molecular flexibility index (Phi) is 4.98. The Morgan fingerprint density at radius 1 is 0.929 bits per heavy atom. The lowest BCUT2D eigenvalue weighted by atomic mass is 10.1. The Hall–Kier alpha value is -3.33. The van der Waals surface area contributed by atoms with E-state index in [1.165, 1.54) is 11.1 Å². The molecule has 0 aliphatic heterocycles. The monoisotopic (exact) mass is 369 g/mol. The summed E-state index contributed by atoms with van der Waals surface area (Å²) in [5, 5.41) is 1.93. The summed E-state index contributed by atoms with van der Waals surface area (Å²) in [6, 6.07) is 24.4. The minimum absolute atomic E-state index is 0.784. The van der Waals surface area contributed by atoms with E-state index in [4.69, 9.17) is 14.1 Å². The number of ether oxygens (including phenoxy) is 1. The first-order valence-corrected chi connectivity index (χ1v) is 9.49. The molecular weight excluding hydrogens is 346 g/mol. The summed E-state index contributed by atoms with van der Waals surface area (Å²) in [4.78, 5) is 5.02. The predicted octanol–water partition coefficient (Wildman–Crippen LogP) is 6.21. The molecule has 1 aromatic heterocycles. The number of para-hydroxylation sites is 1. The van der Waals surface area contributed by atoms with Gasteiger partial charge >= 0.3 is 0 Å². The first-order valence-electron chi connectivity index (χ1n) is 9.49. The molecule has 3 aromatic carbocycles. The van der Waals surface area contributed by atoms with Gasteiger partial charge in [-0.2, -0.15) is 0 Å². The number of benzene rings is 3. The number of nitrogens with zero attached hydrogens (tertiary/aromatic N) is 1. The predicted molar refractivity (Wildman–Crippen MR) is 114 cm³/mol. The van der Waals surface area contributed by atoms with Crippen LogP contribution in [-0.2, 0) is 6.42 Å². The van der Waals surface area contributed by atoms with Crippen molar-refractivity contribution < 1.29 is 9.15 Å². The molecule has 3 heteroatoms. The standard InChI is InChI=1S/C25H23NO2/c1-4-18-7-5-6-8-22(18)26-23-16-25(19-10-12-20(27-3)13-11-19)28-24-14-9-17(2)15-21(23)24/h5-16H,4H2,1-3H3. The molecule has 3 nitrogen and oxygen atoms in total. The summed E-state index contributed by atoms with van der Waals surface area (Å²) in [7, 11) is 1.67. The van der Waals surface area contributed by atoms with Gasteiger partial charge in [0.2, 0.25) is 0 Å². The Balaban J connectivity index is 1.97. The summed E-state index contributed by atoms with van der Waals surface area (Å²) < 4.78 is 11.5. The van der Waals surface area contributed by atoms with Crippen LogP contribution in [0.25, 0.3) is 22.3 Å². The topological polar surface area (TPSA) is 34.7 Å². The molecular formula is C25H23NO2. The van der Waals surface area contributed by atoms with E-state index in [-0.39, 0.29) is 0 Å². The highest BCUT2D eigenvalue weighted by molar-refractivity contribution is 5.79. The van der Waals surface area contributed by atoms with Crippen LogP contribution in [0.4, 0.5) is 5.69 Å². The molecule has 0 radical (unpaired) electrons. The Bertz CT molecular complexity index is 1190. The summed E-state index contributed by atoms with van der Waals surface area (Å²) in [6.07, 6.45) is 0.944. The third kappa shape index (κ3) is 3.56. The highest BCUT2D eigenvalue weighted by Crippen LogP contribution is 2.26. The Morgan fingerprint density at radius 2 is 1.71 bits per heavy atom. The number of fused-ring (bicyclic) bond motifs is 1. The van der Waals surface area contributed by atoms with Crippen molar-refractivity contribution in [2.24, 2.45) is 4.99 Å². The summed E-state index contributed by atoms with van der Waals surface area (Å²) in [6.45, 7) is 4.24. The molecule has 0 unspecified atom stereocenters. The van der Waals surface area contributed by atoms with Gasteiger partial charge in [-0.05, 0) is 61.4 Å². The molecule has 0 aliphatic rings. The van der Waals surface area contributed by atoms with E-state index in [2.05, 4.69) is 44.2 Å². The fraction of sp³-hybridized carbons (Fsp3) is 0.160. The second-order valence-electron chi connectivity index (χ2n) is 6.82. The maximum Gasteiger partial charge on any atom is 0.136 e. The molecule has 0 fully saturated rings. The van der Waals surface area contributed by atoms with E-state index in [1.54, 1.807) is 7.11 Å². The Labute approximate surface area is 165 Å². The molecule has 0 saturated heterocycles. The molecule has 4 aromatic rings. The van der Waals surface area contributed by atoms with E-state index < -0.39 is 0 Å². The van der Waals surface area contributed by atoms with Crippen LogP contribution in [0.1, 0.15) is 18.1 Å².